The third kappa shape index (κ3) is 17.6. The smallest absolute Gasteiger partial charge is 0.0964 e. The summed E-state index contributed by atoms with van der Waals surface area (Å²) in [6, 6.07) is 12.1. The van der Waals surface area contributed by atoms with Crippen molar-refractivity contribution in [3.8, 4) is 0 Å². The molecule has 0 radical (unpaired) electrons. The Morgan fingerprint density at radius 2 is 0.600 bits per heavy atom. The SMILES string of the molecule is C1CN(CP(CN2CCOCC2)CN2CCOCC2)CCO1.C1CN(CP(CN2CCOCC2)CN2CCOCC2)CCO1.[Cu][I].c1cnc2c(c1)ccc1cccnc12. The first kappa shape index (κ1) is 49.1. The number of nitrogens with zero attached hydrogens (tertiary/aromatic N) is 8. The Bertz CT molecular complexity index is 1370. The van der Waals surface area contributed by atoms with Crippen LogP contribution in [0.15, 0.2) is 48.8 Å². The summed E-state index contributed by atoms with van der Waals surface area (Å²) in [6.07, 6.45) is 11.1. The minimum absolute atomic E-state index is 0.0181. The van der Waals surface area contributed by atoms with Gasteiger partial charge < -0.3 is 28.4 Å². The molecule has 8 heterocycles. The van der Waals surface area contributed by atoms with E-state index in [4.69, 9.17) is 28.4 Å². The van der Waals surface area contributed by atoms with Gasteiger partial charge in [0.2, 0.25) is 0 Å². The Hall–Kier alpha value is -0.331. The third-order valence-corrected chi connectivity index (χ3v) is 16.2. The summed E-state index contributed by atoms with van der Waals surface area (Å²) in [6.45, 7) is 24.0. The second kappa shape index (κ2) is 29.3. The number of ether oxygens (including phenoxy) is 6. The van der Waals surface area contributed by atoms with Gasteiger partial charge in [-0.2, -0.15) is 0 Å². The monoisotopic (exact) mass is 1030 g/mol. The molecule has 6 fully saturated rings. The molecule has 0 bridgehead atoms. The van der Waals surface area contributed by atoms with Crippen molar-refractivity contribution in [2.45, 2.75) is 0 Å². The van der Waals surface area contributed by atoms with Crippen LogP contribution in [0.1, 0.15) is 0 Å². The summed E-state index contributed by atoms with van der Waals surface area (Å²) in [5.74, 6) is 0. The van der Waals surface area contributed by atoms with Gasteiger partial charge in [0.25, 0.3) is 0 Å². The van der Waals surface area contributed by atoms with Gasteiger partial charge in [0.15, 0.2) is 0 Å². The van der Waals surface area contributed by atoms with Crippen molar-refractivity contribution in [3.05, 3.63) is 48.8 Å². The number of benzene rings is 1. The number of hydrogen-bond acceptors (Lipinski definition) is 14. The summed E-state index contributed by atoms with van der Waals surface area (Å²) < 4.78 is 33.0. The van der Waals surface area contributed by atoms with Gasteiger partial charge in [-0.25, -0.2) is 0 Å². The average Bonchev–Trinajstić information content (AvgIpc) is 3.32. The molecule has 340 valence electrons. The van der Waals surface area contributed by atoms with Gasteiger partial charge in [0.05, 0.1) is 90.3 Å². The van der Waals surface area contributed by atoms with Crippen LogP contribution in [-0.4, -0.2) is 235 Å². The molecule has 0 saturated carbocycles. The predicted molar refractivity (Wildman–Crippen MR) is 248 cm³/mol. The van der Waals surface area contributed by atoms with Crippen molar-refractivity contribution >= 4 is 58.0 Å². The summed E-state index contributed by atoms with van der Waals surface area (Å²) in [4.78, 5) is 24.3. The number of morpholine rings is 6. The first-order chi connectivity index (χ1) is 29.7. The van der Waals surface area contributed by atoms with Crippen molar-refractivity contribution < 1.29 is 41.2 Å². The molecule has 0 amide bonds. The Morgan fingerprint density at radius 3 is 0.817 bits per heavy atom. The molecule has 14 nitrogen and oxygen atoms in total. The van der Waals surface area contributed by atoms with Crippen LogP contribution in [0.4, 0.5) is 0 Å². The molecule has 6 aliphatic heterocycles. The van der Waals surface area contributed by atoms with Crippen molar-refractivity contribution in [1.82, 2.24) is 39.4 Å². The minimum atomic E-state index is -0.0181. The van der Waals surface area contributed by atoms with Crippen LogP contribution in [0.2, 0.25) is 0 Å². The van der Waals surface area contributed by atoms with E-state index in [9.17, 15) is 0 Å². The molecule has 0 N–H and O–H groups in total. The van der Waals surface area contributed by atoms with Crippen LogP contribution in [0.25, 0.3) is 21.8 Å². The largest absolute Gasteiger partial charge is 0.254 e. The second-order valence-corrected chi connectivity index (χ2v) is 20.2. The maximum absolute atomic E-state index is 5.49. The number of pyridine rings is 2. The molecule has 2 aromatic heterocycles. The number of hydrogen-bond donors (Lipinski definition) is 0. The van der Waals surface area contributed by atoms with Crippen molar-refractivity contribution in [2.75, 3.05) is 196 Å². The van der Waals surface area contributed by atoms with Gasteiger partial charge in [-0.1, -0.05) is 40.1 Å². The molecule has 0 atom stereocenters. The standard InChI is InChI=1S/2C15H30N3O3P.C12H8N2.Cu.HI/c2*1-7-19-8-2-16(1)13-22(14-17-3-9-20-10-4-17)15-18-5-11-21-12-6-18;1-3-9-5-6-10-4-2-8-14-12(10)11(9)13-7-1;;/h2*1-15H2;1-8H;;1H/q;;;+1;/p-1. The Kier molecular flexibility index (Phi) is 23.9. The average molecular weight is 1030 g/mol. The second-order valence-electron chi connectivity index (χ2n) is 15.8. The normalized spacial score (nSPS) is 22.1. The number of halogens is 1. The third-order valence-electron chi connectivity index (χ3n) is 11.4. The van der Waals surface area contributed by atoms with E-state index in [0.29, 0.717) is 0 Å². The van der Waals surface area contributed by atoms with E-state index >= 15 is 0 Å². The Morgan fingerprint density at radius 1 is 0.383 bits per heavy atom. The van der Waals surface area contributed by atoms with Gasteiger partial charge >= 0.3 is 33.1 Å². The number of rotatable bonds is 12. The summed E-state index contributed by atoms with van der Waals surface area (Å²) >= 11 is 5.87. The Balaban J connectivity index is 0.000000151. The zero-order chi connectivity index (χ0) is 41.5. The molecule has 9 rings (SSSR count). The van der Waals surface area contributed by atoms with Gasteiger partial charge in [-0.05, 0) is 12.1 Å². The molecular weight excluding hydrogens is 965 g/mol. The number of aromatic nitrogens is 2. The maximum atomic E-state index is 5.49. The Labute approximate surface area is 380 Å². The van der Waals surface area contributed by atoms with E-state index in [0.717, 1.165) is 180 Å². The molecule has 6 saturated heterocycles. The van der Waals surface area contributed by atoms with Crippen LogP contribution in [0.3, 0.4) is 0 Å². The first-order valence-corrected chi connectivity index (χ1v) is 28.5. The van der Waals surface area contributed by atoms with Crippen molar-refractivity contribution in [2.24, 2.45) is 0 Å². The van der Waals surface area contributed by atoms with E-state index in [1.54, 1.807) is 32.7 Å². The van der Waals surface area contributed by atoms with Crippen LogP contribution in [0.5, 0.6) is 0 Å². The van der Waals surface area contributed by atoms with Crippen LogP contribution < -0.4 is 0 Å². The van der Waals surface area contributed by atoms with Crippen LogP contribution in [-0.2, 0) is 41.2 Å². The fourth-order valence-corrected chi connectivity index (χ4v) is 13.7. The maximum Gasteiger partial charge on any atom is 0.0964 e. The van der Waals surface area contributed by atoms with Gasteiger partial charge in [-0.3, -0.25) is 39.4 Å². The molecule has 18 heteroatoms. The minimum Gasteiger partial charge on any atom is -0.254 e. The van der Waals surface area contributed by atoms with Crippen molar-refractivity contribution in [3.63, 3.8) is 0 Å². The fourth-order valence-electron chi connectivity index (χ4n) is 8.10. The molecule has 0 aliphatic carbocycles. The zero-order valence-corrected chi connectivity index (χ0v) is 40.3. The van der Waals surface area contributed by atoms with E-state index in [1.807, 2.05) is 12.1 Å². The molecule has 60 heavy (non-hydrogen) atoms. The van der Waals surface area contributed by atoms with Crippen LogP contribution in [0, 0.1) is 0 Å². The fraction of sp³-hybridized carbons (Fsp3) is 0.714. The quantitative estimate of drug-likeness (QED) is 0.111. The summed E-state index contributed by atoms with van der Waals surface area (Å²) in [5.41, 5.74) is 1.95. The van der Waals surface area contributed by atoms with E-state index in [1.165, 1.54) is 37.7 Å². The predicted octanol–water partition coefficient (Wildman–Crippen LogP) is 4.34. The van der Waals surface area contributed by atoms with E-state index in [-0.39, 0.29) is 15.8 Å². The zero-order valence-electron chi connectivity index (χ0n) is 35.4. The molecule has 1 aromatic carbocycles. The molecule has 0 spiro atoms. The molecule has 6 aliphatic rings. The van der Waals surface area contributed by atoms with Crippen molar-refractivity contribution in [1.29, 1.82) is 0 Å². The van der Waals surface area contributed by atoms with Gasteiger partial charge in [0.1, 0.15) is 0 Å². The van der Waals surface area contributed by atoms with Crippen LogP contribution >= 0.6 is 36.2 Å². The van der Waals surface area contributed by atoms with E-state index < -0.39 is 0 Å². The summed E-state index contributed by atoms with van der Waals surface area (Å²) in [5, 5.41) is 2.28. The topological polar surface area (TPSA) is 101 Å². The molecular formula is C42H68CuIN8O6P2. The van der Waals surface area contributed by atoms with Gasteiger partial charge in [0, 0.05) is 139 Å². The molecule has 0 unspecified atom stereocenters. The van der Waals surface area contributed by atoms with Gasteiger partial charge in [-0.15, -0.1) is 0 Å². The summed E-state index contributed by atoms with van der Waals surface area (Å²) in [7, 11) is -0.0362. The first-order valence-electron chi connectivity index (χ1n) is 21.7. The van der Waals surface area contributed by atoms with E-state index in [2.05, 4.69) is 76.4 Å². The number of fused-ring (bicyclic) bond motifs is 3. The molecule has 3 aromatic rings.